The van der Waals surface area contributed by atoms with Crippen molar-refractivity contribution in [2.24, 2.45) is 18.4 Å². The molecular weight excluding hydrogens is 755 g/mol. The highest BCUT2D eigenvalue weighted by Gasteiger charge is 2.46. The molecule has 0 saturated carbocycles. The van der Waals surface area contributed by atoms with Crippen molar-refractivity contribution in [2.45, 2.75) is 57.7 Å². The van der Waals surface area contributed by atoms with E-state index in [2.05, 4.69) is 32.2 Å². The molecule has 13 nitrogen and oxygen atoms in total. The molecule has 58 heavy (non-hydrogen) atoms. The number of piperidine rings is 3. The van der Waals surface area contributed by atoms with E-state index in [0.717, 1.165) is 109 Å². The lowest BCUT2D eigenvalue weighted by atomic mass is 9.71. The number of carbonyl (C=O) groups is 3. The lowest BCUT2D eigenvalue weighted by Gasteiger charge is -2.55. The van der Waals surface area contributed by atoms with Crippen LogP contribution in [0.3, 0.4) is 0 Å². The molecule has 14 heteroatoms. The number of aromatic nitrogens is 1. The molecule has 5 aliphatic rings. The maximum absolute atomic E-state index is 13.4. The molecule has 1 unspecified atom stereocenters. The van der Waals surface area contributed by atoms with Crippen LogP contribution in [0.1, 0.15) is 64.9 Å². The zero-order valence-electron chi connectivity index (χ0n) is 33.3. The van der Waals surface area contributed by atoms with Gasteiger partial charge in [-0.15, -0.1) is 11.3 Å². The van der Waals surface area contributed by atoms with Gasteiger partial charge in [-0.2, -0.15) is 5.26 Å². The molecule has 1 atom stereocenters. The SMILES string of the molecule is COc1cc(-c2cn(C)c(=O)c3cc(C#N)sc23)cc(OC)c1CN1CCC(CN2CCC3(CC2)CN(c2ccc4c(c2)C(=O)N(C2CCC(=O)NC2=O)C4)C3)CC1. The average Bonchev–Trinajstić information content (AvgIpc) is 3.80. The largest absolute Gasteiger partial charge is 0.496 e. The zero-order chi connectivity index (χ0) is 40.3. The van der Waals surface area contributed by atoms with Gasteiger partial charge in [0.05, 0.1) is 29.9 Å². The van der Waals surface area contributed by atoms with Crippen molar-refractivity contribution in [3.63, 3.8) is 0 Å². The maximum atomic E-state index is 13.4. The first-order valence-corrected chi connectivity index (χ1v) is 21.1. The molecule has 0 radical (unpaired) electrons. The highest BCUT2D eigenvalue weighted by Crippen LogP contribution is 2.44. The van der Waals surface area contributed by atoms with Crippen molar-refractivity contribution >= 4 is 44.8 Å². The van der Waals surface area contributed by atoms with Crippen molar-refractivity contribution in [3.8, 4) is 28.7 Å². The number of fused-ring (bicyclic) bond motifs is 2. The number of nitriles is 1. The molecular formula is C44H49N7O6S. The minimum absolute atomic E-state index is 0.120. The third-order valence-electron chi connectivity index (χ3n) is 13.3. The molecule has 0 aliphatic carbocycles. The van der Waals surface area contributed by atoms with Gasteiger partial charge in [-0.25, -0.2) is 0 Å². The Bertz CT molecular complexity index is 2390. The highest BCUT2D eigenvalue weighted by molar-refractivity contribution is 7.20. The maximum Gasteiger partial charge on any atom is 0.259 e. The minimum Gasteiger partial charge on any atom is -0.496 e. The monoisotopic (exact) mass is 803 g/mol. The Morgan fingerprint density at radius 1 is 0.914 bits per heavy atom. The molecule has 7 heterocycles. The van der Waals surface area contributed by atoms with E-state index in [1.807, 2.05) is 30.5 Å². The first-order valence-electron chi connectivity index (χ1n) is 20.3. The Morgan fingerprint density at radius 2 is 1.64 bits per heavy atom. The lowest BCUT2D eigenvalue weighted by molar-refractivity contribution is -0.136. The summed E-state index contributed by atoms with van der Waals surface area (Å²) >= 11 is 1.33. The standard InChI is InChI=1S/C44H49N7O6S/c1-47-23-34(40-33(42(47)54)19-31(20-45)58-40)29-16-37(56-2)35(38(17-29)57-3)24-48-12-8-27(9-13-48)21-49-14-10-44(11-15-49)25-50(26-44)30-5-4-28-22-51(43(55)32(28)18-30)36-6-7-39(52)46-41(36)53/h4-5,16-19,23,27,36H,6-15,21-22,24-26H2,1-3H3,(H,46,52,53). The van der Waals surface area contributed by atoms with Gasteiger partial charge in [0.1, 0.15) is 28.5 Å². The topological polar surface area (TPSA) is 140 Å². The molecule has 2 aromatic heterocycles. The Morgan fingerprint density at radius 3 is 2.31 bits per heavy atom. The molecule has 0 bridgehead atoms. The van der Waals surface area contributed by atoms with E-state index in [1.165, 1.54) is 24.2 Å². The number of anilines is 1. The number of hydrogen-bond acceptors (Lipinski definition) is 11. The number of likely N-dealkylation sites (tertiary alicyclic amines) is 2. The van der Waals surface area contributed by atoms with E-state index >= 15 is 0 Å². The zero-order valence-corrected chi connectivity index (χ0v) is 34.2. The van der Waals surface area contributed by atoms with E-state index < -0.39 is 6.04 Å². The van der Waals surface area contributed by atoms with Crippen LogP contribution in [-0.2, 0) is 29.7 Å². The molecule has 4 aromatic rings. The summed E-state index contributed by atoms with van der Waals surface area (Å²) in [4.78, 5) is 60.0. The third kappa shape index (κ3) is 6.92. The van der Waals surface area contributed by atoms with E-state index in [4.69, 9.17) is 9.47 Å². The van der Waals surface area contributed by atoms with Gasteiger partial charge in [0.2, 0.25) is 11.8 Å². The lowest BCUT2D eigenvalue weighted by Crippen LogP contribution is -2.60. The number of benzene rings is 2. The number of nitrogens with zero attached hydrogens (tertiary/aromatic N) is 6. The fourth-order valence-electron chi connectivity index (χ4n) is 9.93. The number of imide groups is 1. The number of nitrogens with one attached hydrogen (secondary N) is 1. The Kier molecular flexibility index (Phi) is 10.0. The molecule has 1 N–H and O–H groups in total. The fourth-order valence-corrected chi connectivity index (χ4v) is 10.9. The molecule has 302 valence electrons. The second-order valence-corrected chi connectivity index (χ2v) is 18.0. The predicted molar refractivity (Wildman–Crippen MR) is 221 cm³/mol. The molecule has 4 saturated heterocycles. The summed E-state index contributed by atoms with van der Waals surface area (Å²) < 4.78 is 14.3. The molecule has 1 spiro atoms. The number of aryl methyl sites for hydroxylation is 1. The molecule has 9 rings (SSSR count). The van der Waals surface area contributed by atoms with Crippen molar-refractivity contribution in [1.82, 2.24) is 24.6 Å². The Labute approximate surface area is 341 Å². The quantitative estimate of drug-likeness (QED) is 0.236. The van der Waals surface area contributed by atoms with Gasteiger partial charge in [-0.1, -0.05) is 6.07 Å². The molecule has 2 aromatic carbocycles. The van der Waals surface area contributed by atoms with Crippen LogP contribution in [0, 0.1) is 22.7 Å². The first-order chi connectivity index (χ1) is 28.0. The highest BCUT2D eigenvalue weighted by atomic mass is 32.1. The van der Waals surface area contributed by atoms with Crippen molar-refractivity contribution in [2.75, 3.05) is 64.9 Å². The Hall–Kier alpha value is -5.23. The van der Waals surface area contributed by atoms with Crippen molar-refractivity contribution in [1.29, 1.82) is 5.26 Å². The number of thiophene rings is 1. The number of amides is 3. The van der Waals surface area contributed by atoms with E-state index in [0.29, 0.717) is 40.1 Å². The number of methoxy groups -OCH3 is 2. The van der Waals surface area contributed by atoms with Crippen LogP contribution in [0.5, 0.6) is 11.5 Å². The van der Waals surface area contributed by atoms with Gasteiger partial charge in [0.15, 0.2) is 0 Å². The van der Waals surface area contributed by atoms with Gasteiger partial charge < -0.3 is 28.7 Å². The minimum atomic E-state index is -0.593. The van der Waals surface area contributed by atoms with Crippen LogP contribution >= 0.6 is 11.3 Å². The molecule has 5 aliphatic heterocycles. The summed E-state index contributed by atoms with van der Waals surface area (Å²) in [5.41, 5.74) is 5.64. The third-order valence-corrected chi connectivity index (χ3v) is 14.4. The van der Waals surface area contributed by atoms with Crippen molar-refractivity contribution in [3.05, 3.63) is 74.5 Å². The van der Waals surface area contributed by atoms with E-state index in [1.54, 1.807) is 36.8 Å². The summed E-state index contributed by atoms with van der Waals surface area (Å²) in [6.45, 7) is 8.51. The second-order valence-electron chi connectivity index (χ2n) is 16.9. The van der Waals surface area contributed by atoms with E-state index in [-0.39, 0.29) is 29.7 Å². The van der Waals surface area contributed by atoms with Gasteiger partial charge in [-0.05, 0) is 106 Å². The molecule has 4 fully saturated rings. The van der Waals surface area contributed by atoms with Gasteiger partial charge in [-0.3, -0.25) is 29.4 Å². The summed E-state index contributed by atoms with van der Waals surface area (Å²) in [7, 11) is 5.10. The van der Waals surface area contributed by atoms with Crippen molar-refractivity contribution < 1.29 is 23.9 Å². The average molecular weight is 804 g/mol. The van der Waals surface area contributed by atoms with Crippen LogP contribution in [0.15, 0.2) is 47.4 Å². The van der Waals surface area contributed by atoms with Crippen LogP contribution in [0.25, 0.3) is 21.2 Å². The summed E-state index contributed by atoms with van der Waals surface area (Å²) in [6.07, 6.45) is 7.11. The number of hydrogen-bond donors (Lipinski definition) is 1. The number of ether oxygens (including phenoxy) is 2. The molecule has 3 amide bonds. The van der Waals surface area contributed by atoms with Crippen LogP contribution in [0.4, 0.5) is 5.69 Å². The van der Waals surface area contributed by atoms with Gasteiger partial charge in [0.25, 0.3) is 11.5 Å². The van der Waals surface area contributed by atoms with Crippen LogP contribution < -0.4 is 25.2 Å². The fraction of sp³-hybridized carbons (Fsp3) is 0.477. The first kappa shape index (κ1) is 38.3. The number of pyridine rings is 1. The number of rotatable bonds is 9. The Balaban J connectivity index is 0.769. The van der Waals surface area contributed by atoms with Gasteiger partial charge in [0, 0.05) is 74.6 Å². The van der Waals surface area contributed by atoms with E-state index in [9.17, 15) is 24.4 Å². The number of carbonyl (C=O) groups excluding carboxylic acids is 3. The second kappa shape index (κ2) is 15.2. The summed E-state index contributed by atoms with van der Waals surface area (Å²) in [5, 5.41) is 12.5. The summed E-state index contributed by atoms with van der Waals surface area (Å²) in [6, 6.07) is 13.5. The van der Waals surface area contributed by atoms with Gasteiger partial charge >= 0.3 is 0 Å². The predicted octanol–water partition coefficient (Wildman–Crippen LogP) is 4.73. The normalized spacial score (nSPS) is 21.3. The smallest absolute Gasteiger partial charge is 0.259 e. The van der Waals surface area contributed by atoms with Crippen LogP contribution in [-0.4, -0.2) is 103 Å². The van der Waals surface area contributed by atoms with Crippen LogP contribution in [0.2, 0.25) is 0 Å². The summed E-state index contributed by atoms with van der Waals surface area (Å²) in [5.74, 6) is 1.38.